The lowest BCUT2D eigenvalue weighted by Crippen LogP contribution is -2.53. The van der Waals surface area contributed by atoms with E-state index in [0.29, 0.717) is 16.7 Å². The highest BCUT2D eigenvalue weighted by Crippen LogP contribution is 2.35. The Balaban J connectivity index is 1.46. The number of cyclic esters (lactones) is 1. The second-order valence-corrected chi connectivity index (χ2v) is 7.98. The number of fused-ring (bicyclic) bond motifs is 2. The maximum atomic E-state index is 13.0. The van der Waals surface area contributed by atoms with Crippen LogP contribution in [0.5, 0.6) is 5.75 Å². The number of nitrogens with one attached hydrogen (secondary N) is 1. The zero-order chi connectivity index (χ0) is 23.8. The molecule has 4 rings (SSSR count). The number of esters is 2. The molecule has 0 aromatic heterocycles. The predicted molar refractivity (Wildman–Crippen MR) is 111 cm³/mol. The van der Waals surface area contributed by atoms with Crippen molar-refractivity contribution in [3.05, 3.63) is 64.7 Å². The van der Waals surface area contributed by atoms with Gasteiger partial charge in [-0.15, -0.1) is 0 Å². The molecule has 2 aliphatic heterocycles. The Morgan fingerprint density at radius 1 is 1.24 bits per heavy atom. The summed E-state index contributed by atoms with van der Waals surface area (Å²) in [5.41, 5.74) is 1.23. The topological polar surface area (TPSA) is 111 Å². The van der Waals surface area contributed by atoms with Gasteiger partial charge < -0.3 is 24.5 Å². The molecule has 2 aromatic carbocycles. The number of alkyl halides is 2. The zero-order valence-corrected chi connectivity index (χ0v) is 17.5. The van der Waals surface area contributed by atoms with Gasteiger partial charge in [0.1, 0.15) is 11.3 Å². The Labute approximate surface area is 188 Å². The number of benzene rings is 2. The lowest BCUT2D eigenvalue weighted by molar-refractivity contribution is -0.123. The largest absolute Gasteiger partial charge is 0.547 e. The molecule has 2 aliphatic rings. The van der Waals surface area contributed by atoms with Gasteiger partial charge in [-0.3, -0.25) is 4.79 Å². The first-order valence-electron chi connectivity index (χ1n) is 10.3. The summed E-state index contributed by atoms with van der Waals surface area (Å²) in [4.78, 5) is 36.8. The number of amides is 1. The number of para-hydroxylation sites is 1. The van der Waals surface area contributed by atoms with Gasteiger partial charge >= 0.3 is 19.1 Å². The summed E-state index contributed by atoms with van der Waals surface area (Å²) in [6.07, 6.45) is -2.14. The van der Waals surface area contributed by atoms with Crippen molar-refractivity contribution in [3.63, 3.8) is 0 Å². The van der Waals surface area contributed by atoms with Crippen LogP contribution in [0, 0.1) is 0 Å². The maximum Gasteiger partial charge on any atom is 0.547 e. The van der Waals surface area contributed by atoms with Crippen LogP contribution in [0.1, 0.15) is 57.9 Å². The second-order valence-electron chi connectivity index (χ2n) is 7.98. The molecule has 0 radical (unpaired) electrons. The van der Waals surface area contributed by atoms with E-state index in [9.17, 15) is 28.2 Å². The van der Waals surface area contributed by atoms with E-state index < -0.39 is 56.0 Å². The number of halogens is 2. The number of ether oxygens (including phenoxy) is 2. The number of carbonyl (C=O) groups is 3. The first-order chi connectivity index (χ1) is 15.6. The van der Waals surface area contributed by atoms with Gasteiger partial charge in [0, 0.05) is 18.4 Å². The average molecular weight is 459 g/mol. The summed E-state index contributed by atoms with van der Waals surface area (Å²) < 4.78 is 41.9. The van der Waals surface area contributed by atoms with Crippen molar-refractivity contribution in [2.75, 3.05) is 0 Å². The summed E-state index contributed by atoms with van der Waals surface area (Å²) in [6, 6.07) is 11.2. The molecule has 1 amide bonds. The van der Waals surface area contributed by atoms with Crippen LogP contribution in [0.15, 0.2) is 42.5 Å². The third-order valence-electron chi connectivity index (χ3n) is 5.34. The fourth-order valence-electron chi connectivity index (χ4n) is 3.68. The molecular formula is C22H20BF2NO7. The van der Waals surface area contributed by atoms with Crippen LogP contribution in [0.2, 0.25) is 0 Å². The van der Waals surface area contributed by atoms with Crippen molar-refractivity contribution in [1.29, 1.82) is 0 Å². The Morgan fingerprint density at radius 3 is 2.76 bits per heavy atom. The molecule has 2 N–H and O–H groups in total. The number of hydrogen-bond donors (Lipinski definition) is 2. The standard InChI is InChI=1S/C22H20BF2NO7/c1-22(24,25)10-9-17(27)26-16-11-12-5-4-8-15(18(12)33-23(16)30)20(29)32-21-14-7-3-2-6-13(14)19(28)31-21/h2-8,16,21,30H,9-11H2,1H3,(H,26,27)/t16-,21?/m0/s1. The minimum absolute atomic E-state index is 0.00221. The van der Waals surface area contributed by atoms with E-state index in [0.717, 1.165) is 6.92 Å². The normalized spacial score (nSPS) is 19.2. The highest BCUT2D eigenvalue weighted by atomic mass is 19.3. The average Bonchev–Trinajstić information content (AvgIpc) is 3.07. The first-order valence-corrected chi connectivity index (χ1v) is 10.3. The molecule has 11 heteroatoms. The molecule has 2 heterocycles. The highest BCUT2D eigenvalue weighted by Gasteiger charge is 2.39. The summed E-state index contributed by atoms with van der Waals surface area (Å²) in [5, 5.41) is 12.8. The van der Waals surface area contributed by atoms with Crippen molar-refractivity contribution >= 4 is 25.0 Å². The van der Waals surface area contributed by atoms with Gasteiger partial charge in [0.2, 0.25) is 11.8 Å². The van der Waals surface area contributed by atoms with Gasteiger partial charge in [0.15, 0.2) is 0 Å². The van der Waals surface area contributed by atoms with Crippen LogP contribution in [-0.4, -0.2) is 41.9 Å². The zero-order valence-electron chi connectivity index (χ0n) is 17.5. The SMILES string of the molecule is CC(F)(F)CCC(=O)N[C@H]1Cc2cccc(C(=O)OC3OC(=O)c4ccccc43)c2OB1O. The van der Waals surface area contributed by atoms with E-state index in [-0.39, 0.29) is 17.7 Å². The fraction of sp³-hybridized carbons (Fsp3) is 0.318. The molecule has 0 spiro atoms. The first kappa shape index (κ1) is 22.7. The second kappa shape index (κ2) is 8.82. The van der Waals surface area contributed by atoms with Crippen molar-refractivity contribution in [2.24, 2.45) is 0 Å². The van der Waals surface area contributed by atoms with Gasteiger partial charge in [-0.2, -0.15) is 0 Å². The number of rotatable bonds is 6. The minimum Gasteiger partial charge on any atom is -0.534 e. The third kappa shape index (κ3) is 4.98. The Kier molecular flexibility index (Phi) is 6.07. The minimum atomic E-state index is -2.98. The van der Waals surface area contributed by atoms with Crippen LogP contribution >= 0.6 is 0 Å². The molecule has 0 saturated carbocycles. The molecule has 1 unspecified atom stereocenters. The predicted octanol–water partition coefficient (Wildman–Crippen LogP) is 2.59. The smallest absolute Gasteiger partial charge is 0.534 e. The van der Waals surface area contributed by atoms with Gasteiger partial charge in [-0.05, 0) is 31.0 Å². The van der Waals surface area contributed by atoms with Crippen LogP contribution in [-0.2, 0) is 20.7 Å². The molecule has 8 nitrogen and oxygen atoms in total. The van der Waals surface area contributed by atoms with Crippen LogP contribution in [0.25, 0.3) is 0 Å². The molecule has 0 fully saturated rings. The Morgan fingerprint density at radius 2 is 2.00 bits per heavy atom. The molecule has 0 bridgehead atoms. The van der Waals surface area contributed by atoms with Crippen molar-refractivity contribution < 1.29 is 42.3 Å². The molecule has 0 saturated heterocycles. The summed E-state index contributed by atoms with van der Waals surface area (Å²) in [6.45, 7) is 0.723. The Bertz CT molecular complexity index is 1100. The van der Waals surface area contributed by atoms with Gasteiger partial charge in [-0.1, -0.05) is 30.3 Å². The lowest BCUT2D eigenvalue weighted by atomic mass is 9.72. The molecular weight excluding hydrogens is 439 g/mol. The van der Waals surface area contributed by atoms with Crippen molar-refractivity contribution in [3.8, 4) is 5.75 Å². The molecule has 2 atom stereocenters. The lowest BCUT2D eigenvalue weighted by Gasteiger charge is -2.29. The number of hydrogen-bond acceptors (Lipinski definition) is 7. The van der Waals surface area contributed by atoms with E-state index in [1.807, 2.05) is 0 Å². The van der Waals surface area contributed by atoms with E-state index in [4.69, 9.17) is 14.1 Å². The van der Waals surface area contributed by atoms with Gasteiger partial charge in [-0.25, -0.2) is 18.4 Å². The molecule has 0 aliphatic carbocycles. The molecule has 172 valence electrons. The Hall–Kier alpha value is -3.47. The number of carbonyl (C=O) groups excluding carboxylic acids is 3. The quantitative estimate of drug-likeness (QED) is 0.505. The molecule has 2 aromatic rings. The third-order valence-corrected chi connectivity index (χ3v) is 5.34. The van der Waals surface area contributed by atoms with Crippen molar-refractivity contribution in [2.45, 2.75) is 44.3 Å². The summed E-state index contributed by atoms with van der Waals surface area (Å²) in [7, 11) is -1.51. The monoisotopic (exact) mass is 459 g/mol. The van der Waals surface area contributed by atoms with Crippen LogP contribution < -0.4 is 9.97 Å². The van der Waals surface area contributed by atoms with E-state index in [1.165, 1.54) is 6.07 Å². The maximum absolute atomic E-state index is 13.0. The summed E-state index contributed by atoms with van der Waals surface area (Å²) in [5.74, 6) is -5.88. The van der Waals surface area contributed by atoms with Crippen LogP contribution in [0.3, 0.4) is 0 Å². The van der Waals surface area contributed by atoms with Gasteiger partial charge in [0.25, 0.3) is 6.29 Å². The summed E-state index contributed by atoms with van der Waals surface area (Å²) >= 11 is 0. The molecule has 33 heavy (non-hydrogen) atoms. The fourth-order valence-corrected chi connectivity index (χ4v) is 3.68. The van der Waals surface area contributed by atoms with Crippen molar-refractivity contribution in [1.82, 2.24) is 5.32 Å². The van der Waals surface area contributed by atoms with E-state index >= 15 is 0 Å². The highest BCUT2D eigenvalue weighted by molar-refractivity contribution is 6.47. The van der Waals surface area contributed by atoms with Gasteiger partial charge in [0.05, 0.1) is 11.5 Å². The van der Waals surface area contributed by atoms with E-state index in [2.05, 4.69) is 5.32 Å². The van der Waals surface area contributed by atoms with Crippen LogP contribution in [0.4, 0.5) is 8.78 Å². The van der Waals surface area contributed by atoms with E-state index in [1.54, 1.807) is 36.4 Å².